The molecule has 2 saturated heterocycles. The Balaban J connectivity index is 1.17. The number of carbonyl (C=O) groups is 1. The molecule has 0 unspecified atom stereocenters. The van der Waals surface area contributed by atoms with Gasteiger partial charge in [-0.25, -0.2) is 4.98 Å². The number of aryl methyl sites for hydroxylation is 1. The van der Waals surface area contributed by atoms with E-state index in [1.807, 2.05) is 41.5 Å². The van der Waals surface area contributed by atoms with Crippen LogP contribution in [0.3, 0.4) is 0 Å². The second-order valence-corrected chi connectivity index (χ2v) is 8.73. The lowest BCUT2D eigenvalue weighted by molar-refractivity contribution is -0.135. The van der Waals surface area contributed by atoms with Crippen LogP contribution >= 0.6 is 11.3 Å². The van der Waals surface area contributed by atoms with E-state index in [1.165, 1.54) is 0 Å². The number of hydrogen-bond donors (Lipinski definition) is 0. The van der Waals surface area contributed by atoms with Gasteiger partial charge in [-0.1, -0.05) is 23.5 Å². The van der Waals surface area contributed by atoms with Gasteiger partial charge in [0, 0.05) is 43.8 Å². The Morgan fingerprint density at radius 2 is 1.97 bits per heavy atom. The van der Waals surface area contributed by atoms with Gasteiger partial charge in [-0.3, -0.25) is 9.69 Å². The van der Waals surface area contributed by atoms with E-state index in [-0.39, 0.29) is 18.6 Å². The zero-order valence-electron chi connectivity index (χ0n) is 17.0. The van der Waals surface area contributed by atoms with E-state index in [9.17, 15) is 4.79 Å². The summed E-state index contributed by atoms with van der Waals surface area (Å²) in [4.78, 5) is 21.2. The molecule has 2 aliphatic rings. The molecule has 1 aromatic carbocycles. The summed E-state index contributed by atoms with van der Waals surface area (Å²) in [6.45, 7) is 5.89. The molecular formula is C22H29N3O3S. The van der Waals surface area contributed by atoms with E-state index in [2.05, 4.69) is 9.88 Å². The minimum Gasteiger partial charge on any atom is -0.484 e. The van der Waals surface area contributed by atoms with Crippen LogP contribution in [0.1, 0.15) is 31.2 Å². The Kier molecular flexibility index (Phi) is 6.67. The van der Waals surface area contributed by atoms with Crippen molar-refractivity contribution < 1.29 is 14.3 Å². The molecular weight excluding hydrogens is 386 g/mol. The van der Waals surface area contributed by atoms with E-state index < -0.39 is 0 Å². The Labute approximate surface area is 176 Å². The van der Waals surface area contributed by atoms with Crippen LogP contribution < -0.4 is 9.47 Å². The third-order valence-electron chi connectivity index (χ3n) is 5.84. The standard InChI is InChI=1S/C22H29N3O3S/c1-17-3-2-4-20(15-17)27-16-21(26)25-10-5-18(6-11-25)24-12-7-19(8-13-24)28-22-23-9-14-29-22/h2-4,9,14-15,18-19H,5-8,10-13,16H2,1H3. The number of rotatable bonds is 6. The maximum absolute atomic E-state index is 12.5. The van der Waals surface area contributed by atoms with Crippen molar-refractivity contribution in [1.29, 1.82) is 0 Å². The molecule has 29 heavy (non-hydrogen) atoms. The van der Waals surface area contributed by atoms with E-state index in [1.54, 1.807) is 17.5 Å². The summed E-state index contributed by atoms with van der Waals surface area (Å²) in [6.07, 6.45) is 6.22. The van der Waals surface area contributed by atoms with Gasteiger partial charge in [0.05, 0.1) is 0 Å². The molecule has 0 N–H and O–H groups in total. The fourth-order valence-electron chi connectivity index (χ4n) is 4.19. The van der Waals surface area contributed by atoms with Crippen LogP contribution in [0, 0.1) is 6.92 Å². The molecule has 4 rings (SSSR count). The number of aromatic nitrogens is 1. The molecule has 7 heteroatoms. The summed E-state index contributed by atoms with van der Waals surface area (Å²) < 4.78 is 11.6. The summed E-state index contributed by atoms with van der Waals surface area (Å²) in [5, 5.41) is 2.73. The zero-order chi connectivity index (χ0) is 20.1. The zero-order valence-corrected chi connectivity index (χ0v) is 17.8. The lowest BCUT2D eigenvalue weighted by Gasteiger charge is -2.41. The second-order valence-electron chi connectivity index (χ2n) is 7.87. The molecule has 2 fully saturated rings. The monoisotopic (exact) mass is 415 g/mol. The van der Waals surface area contributed by atoms with Crippen molar-refractivity contribution in [2.75, 3.05) is 32.8 Å². The van der Waals surface area contributed by atoms with Gasteiger partial charge in [-0.2, -0.15) is 0 Å². The van der Waals surface area contributed by atoms with Crippen LogP contribution in [0.25, 0.3) is 0 Å². The summed E-state index contributed by atoms with van der Waals surface area (Å²) in [5.74, 6) is 0.844. The third kappa shape index (κ3) is 5.48. The van der Waals surface area contributed by atoms with Gasteiger partial charge in [0.1, 0.15) is 11.9 Å². The summed E-state index contributed by atoms with van der Waals surface area (Å²) in [7, 11) is 0. The fourth-order valence-corrected chi connectivity index (χ4v) is 4.74. The predicted molar refractivity (Wildman–Crippen MR) is 114 cm³/mol. The molecule has 0 atom stereocenters. The lowest BCUT2D eigenvalue weighted by atomic mass is 9.99. The topological polar surface area (TPSA) is 54.9 Å². The summed E-state index contributed by atoms with van der Waals surface area (Å²) in [6, 6.07) is 8.40. The van der Waals surface area contributed by atoms with Gasteiger partial charge < -0.3 is 14.4 Å². The van der Waals surface area contributed by atoms with Gasteiger partial charge >= 0.3 is 0 Å². The Hall–Kier alpha value is -2.12. The molecule has 3 heterocycles. The van der Waals surface area contributed by atoms with Crippen molar-refractivity contribution >= 4 is 17.2 Å². The Morgan fingerprint density at radius 3 is 2.66 bits per heavy atom. The number of hydrogen-bond acceptors (Lipinski definition) is 6. The van der Waals surface area contributed by atoms with Gasteiger partial charge in [0.2, 0.25) is 0 Å². The molecule has 156 valence electrons. The van der Waals surface area contributed by atoms with Crippen molar-refractivity contribution in [2.45, 2.75) is 44.8 Å². The number of carbonyl (C=O) groups excluding carboxylic acids is 1. The van der Waals surface area contributed by atoms with E-state index >= 15 is 0 Å². The summed E-state index contributed by atoms with van der Waals surface area (Å²) in [5.41, 5.74) is 1.14. The van der Waals surface area contributed by atoms with Crippen molar-refractivity contribution in [2.24, 2.45) is 0 Å². The molecule has 2 aliphatic heterocycles. The van der Waals surface area contributed by atoms with Crippen LogP contribution in [0.15, 0.2) is 35.8 Å². The van der Waals surface area contributed by atoms with Gasteiger partial charge in [0.25, 0.3) is 11.1 Å². The minimum absolute atomic E-state index is 0.0838. The van der Waals surface area contributed by atoms with Gasteiger partial charge in [-0.15, -0.1) is 0 Å². The number of ether oxygens (including phenoxy) is 2. The SMILES string of the molecule is Cc1cccc(OCC(=O)N2CCC(N3CCC(Oc4nccs4)CC3)CC2)c1. The highest BCUT2D eigenvalue weighted by molar-refractivity contribution is 7.11. The Bertz CT molecular complexity index is 782. The maximum atomic E-state index is 12.5. The first kappa shape index (κ1) is 20.2. The second kappa shape index (κ2) is 9.59. The fraction of sp³-hybridized carbons (Fsp3) is 0.545. The van der Waals surface area contributed by atoms with Crippen LogP contribution in [0.4, 0.5) is 0 Å². The largest absolute Gasteiger partial charge is 0.484 e. The van der Waals surface area contributed by atoms with Crippen LogP contribution in [0.5, 0.6) is 10.9 Å². The highest BCUT2D eigenvalue weighted by Crippen LogP contribution is 2.25. The first-order valence-corrected chi connectivity index (χ1v) is 11.3. The molecule has 0 radical (unpaired) electrons. The van der Waals surface area contributed by atoms with Crippen molar-refractivity contribution in [3.8, 4) is 10.9 Å². The molecule has 6 nitrogen and oxygen atoms in total. The highest BCUT2D eigenvalue weighted by Gasteiger charge is 2.30. The number of amides is 1. The van der Waals surface area contributed by atoms with Crippen LogP contribution in [-0.4, -0.2) is 65.6 Å². The highest BCUT2D eigenvalue weighted by atomic mass is 32.1. The maximum Gasteiger partial charge on any atom is 0.273 e. The lowest BCUT2D eigenvalue weighted by Crippen LogP contribution is -2.50. The first-order chi connectivity index (χ1) is 14.2. The number of thiazole rings is 1. The van der Waals surface area contributed by atoms with Crippen LogP contribution in [-0.2, 0) is 4.79 Å². The van der Waals surface area contributed by atoms with Crippen molar-refractivity contribution in [3.63, 3.8) is 0 Å². The van der Waals surface area contributed by atoms with Gasteiger partial charge in [-0.05, 0) is 50.3 Å². The summed E-state index contributed by atoms with van der Waals surface area (Å²) >= 11 is 1.56. The smallest absolute Gasteiger partial charge is 0.273 e. The van der Waals surface area contributed by atoms with E-state index in [4.69, 9.17) is 9.47 Å². The van der Waals surface area contributed by atoms with Crippen molar-refractivity contribution in [3.05, 3.63) is 41.4 Å². The third-order valence-corrected chi connectivity index (χ3v) is 6.50. The molecule has 2 aromatic rings. The molecule has 0 saturated carbocycles. The van der Waals surface area contributed by atoms with Crippen LogP contribution in [0.2, 0.25) is 0 Å². The molecule has 0 bridgehead atoms. The normalized spacial score (nSPS) is 19.3. The first-order valence-electron chi connectivity index (χ1n) is 10.4. The van der Waals surface area contributed by atoms with Gasteiger partial charge in [0.15, 0.2) is 6.61 Å². The molecule has 1 amide bonds. The molecule has 0 aliphatic carbocycles. The average molecular weight is 416 g/mol. The average Bonchev–Trinajstić information content (AvgIpc) is 3.26. The predicted octanol–water partition coefficient (Wildman–Crippen LogP) is 3.36. The number of nitrogens with zero attached hydrogens (tertiary/aromatic N) is 3. The number of likely N-dealkylation sites (tertiary alicyclic amines) is 2. The minimum atomic E-state index is 0.0838. The van der Waals surface area contributed by atoms with Crippen molar-refractivity contribution in [1.82, 2.24) is 14.8 Å². The Morgan fingerprint density at radius 1 is 1.17 bits per heavy atom. The quantitative estimate of drug-likeness (QED) is 0.724. The van der Waals surface area contributed by atoms with E-state index in [0.717, 1.165) is 68.4 Å². The molecule has 0 spiro atoms. The molecule has 1 aromatic heterocycles. The van der Waals surface area contributed by atoms with E-state index in [0.29, 0.717) is 6.04 Å². The number of benzene rings is 1. The number of piperidine rings is 2.